The number of nitrogens with one attached hydrogen (secondary N) is 1. The smallest absolute Gasteiger partial charge is 0.257 e. The van der Waals surface area contributed by atoms with Crippen LogP contribution in [0, 0.1) is 12.7 Å². The molecule has 1 saturated carbocycles. The highest BCUT2D eigenvalue weighted by molar-refractivity contribution is 5.95. The quantitative estimate of drug-likeness (QED) is 0.804. The van der Waals surface area contributed by atoms with Gasteiger partial charge in [0.1, 0.15) is 11.5 Å². The van der Waals surface area contributed by atoms with Gasteiger partial charge in [-0.15, -0.1) is 0 Å². The number of carbonyl (C=O) groups is 2. The fourth-order valence-electron chi connectivity index (χ4n) is 3.62. The Morgan fingerprint density at radius 2 is 1.90 bits per heavy atom. The fraction of sp³-hybridized carbons (Fsp3) is 0.476. The van der Waals surface area contributed by atoms with Crippen LogP contribution >= 0.6 is 0 Å². The number of rotatable bonds is 6. The summed E-state index contributed by atoms with van der Waals surface area (Å²) in [5, 5.41) is 7.23. The predicted octanol–water partition coefficient (Wildman–Crippen LogP) is 1.75. The molecule has 1 aliphatic carbocycles. The first-order valence-electron chi connectivity index (χ1n) is 10.1. The zero-order chi connectivity index (χ0) is 20.4. The largest absolute Gasteiger partial charge is 0.353 e. The highest BCUT2D eigenvalue weighted by Gasteiger charge is 2.26. The molecule has 1 saturated heterocycles. The van der Waals surface area contributed by atoms with Gasteiger partial charge in [-0.1, -0.05) is 12.1 Å². The molecule has 2 aromatic rings. The molecule has 0 spiro atoms. The summed E-state index contributed by atoms with van der Waals surface area (Å²) in [5.41, 5.74) is 1.45. The summed E-state index contributed by atoms with van der Waals surface area (Å²) in [7, 11) is 0. The van der Waals surface area contributed by atoms with E-state index in [0.717, 1.165) is 25.9 Å². The van der Waals surface area contributed by atoms with Gasteiger partial charge in [-0.2, -0.15) is 5.10 Å². The molecule has 2 fully saturated rings. The van der Waals surface area contributed by atoms with Crippen molar-refractivity contribution in [2.75, 3.05) is 32.7 Å². The Balaban J connectivity index is 1.33. The first kappa shape index (κ1) is 19.6. The Labute approximate surface area is 169 Å². The number of aromatic nitrogens is 2. The second kappa shape index (κ2) is 8.32. The zero-order valence-electron chi connectivity index (χ0n) is 16.6. The summed E-state index contributed by atoms with van der Waals surface area (Å²) in [4.78, 5) is 28.8. The molecule has 2 aliphatic rings. The molecule has 1 N–H and O–H groups in total. The van der Waals surface area contributed by atoms with Crippen LogP contribution in [0.4, 0.5) is 4.39 Å². The van der Waals surface area contributed by atoms with Crippen LogP contribution in [0.1, 0.15) is 35.3 Å². The molecule has 2 amide bonds. The van der Waals surface area contributed by atoms with Crippen molar-refractivity contribution < 1.29 is 14.0 Å². The summed E-state index contributed by atoms with van der Waals surface area (Å²) in [6.07, 6.45) is 4.20. The molecule has 29 heavy (non-hydrogen) atoms. The molecule has 1 aromatic carbocycles. The van der Waals surface area contributed by atoms with E-state index in [1.54, 1.807) is 30.0 Å². The standard InChI is InChI=1S/C21H26FN5O2/c1-15-17(14-23-27(15)19-5-3-2-4-18(19)22)21(29)26-12-10-25(11-13-26)9-8-20(28)24-16-6-7-16/h2-5,14,16H,6-13H2,1H3,(H,24,28). The highest BCUT2D eigenvalue weighted by Crippen LogP contribution is 2.20. The van der Waals surface area contributed by atoms with Gasteiger partial charge in [0.25, 0.3) is 5.91 Å². The number of piperazine rings is 1. The van der Waals surface area contributed by atoms with E-state index in [9.17, 15) is 14.0 Å². The minimum atomic E-state index is -0.378. The van der Waals surface area contributed by atoms with E-state index in [1.165, 1.54) is 16.9 Å². The molecule has 1 aromatic heterocycles. The Bertz CT molecular complexity index is 900. The first-order valence-corrected chi connectivity index (χ1v) is 10.1. The van der Waals surface area contributed by atoms with Gasteiger partial charge in [0.2, 0.25) is 5.91 Å². The van der Waals surface area contributed by atoms with Crippen molar-refractivity contribution in [3.63, 3.8) is 0 Å². The second-order valence-electron chi connectivity index (χ2n) is 7.73. The van der Waals surface area contributed by atoms with Gasteiger partial charge >= 0.3 is 0 Å². The summed E-state index contributed by atoms with van der Waals surface area (Å²) in [5.74, 6) is -0.351. The zero-order valence-corrected chi connectivity index (χ0v) is 16.6. The van der Waals surface area contributed by atoms with E-state index in [4.69, 9.17) is 0 Å². The summed E-state index contributed by atoms with van der Waals surface area (Å²) in [6.45, 7) is 5.18. The number of amides is 2. The van der Waals surface area contributed by atoms with Gasteiger partial charge in [-0.05, 0) is 31.9 Å². The lowest BCUT2D eigenvalue weighted by Crippen LogP contribution is -2.49. The Morgan fingerprint density at radius 1 is 1.17 bits per heavy atom. The molecule has 1 aliphatic heterocycles. The maximum Gasteiger partial charge on any atom is 0.257 e. The lowest BCUT2D eigenvalue weighted by atomic mass is 10.2. The van der Waals surface area contributed by atoms with Gasteiger partial charge in [-0.25, -0.2) is 9.07 Å². The van der Waals surface area contributed by atoms with Crippen molar-refractivity contribution in [2.45, 2.75) is 32.2 Å². The van der Waals surface area contributed by atoms with Crippen molar-refractivity contribution in [3.8, 4) is 5.69 Å². The number of carbonyl (C=O) groups excluding carboxylic acids is 2. The van der Waals surface area contributed by atoms with Gasteiger partial charge < -0.3 is 10.2 Å². The van der Waals surface area contributed by atoms with Gasteiger partial charge in [0.15, 0.2) is 0 Å². The third kappa shape index (κ3) is 4.48. The van der Waals surface area contributed by atoms with Crippen molar-refractivity contribution in [1.29, 1.82) is 0 Å². The van der Waals surface area contributed by atoms with E-state index < -0.39 is 0 Å². The number of hydrogen-bond acceptors (Lipinski definition) is 4. The minimum absolute atomic E-state index is 0.0868. The Morgan fingerprint density at radius 3 is 2.59 bits per heavy atom. The van der Waals surface area contributed by atoms with Crippen molar-refractivity contribution in [3.05, 3.63) is 47.5 Å². The number of hydrogen-bond donors (Lipinski definition) is 1. The summed E-state index contributed by atoms with van der Waals surface area (Å²) < 4.78 is 15.5. The second-order valence-corrected chi connectivity index (χ2v) is 7.73. The van der Waals surface area contributed by atoms with Crippen LogP contribution in [0.2, 0.25) is 0 Å². The van der Waals surface area contributed by atoms with E-state index >= 15 is 0 Å². The van der Waals surface area contributed by atoms with Gasteiger partial charge in [0.05, 0.1) is 17.5 Å². The van der Waals surface area contributed by atoms with Gasteiger partial charge in [-0.3, -0.25) is 14.5 Å². The maximum atomic E-state index is 14.1. The van der Waals surface area contributed by atoms with Crippen LogP contribution in [0.5, 0.6) is 0 Å². The first-order chi connectivity index (χ1) is 14.0. The Hall–Kier alpha value is -2.74. The molecular formula is C21H26FN5O2. The molecule has 154 valence electrons. The molecule has 0 radical (unpaired) electrons. The van der Waals surface area contributed by atoms with Crippen molar-refractivity contribution in [1.82, 2.24) is 24.9 Å². The number of benzene rings is 1. The number of nitrogens with zero attached hydrogens (tertiary/aromatic N) is 4. The van der Waals surface area contributed by atoms with Crippen LogP contribution in [0.3, 0.4) is 0 Å². The number of halogens is 1. The molecule has 0 bridgehead atoms. The molecular weight excluding hydrogens is 373 g/mol. The monoisotopic (exact) mass is 399 g/mol. The van der Waals surface area contributed by atoms with E-state index in [-0.39, 0.29) is 17.6 Å². The predicted molar refractivity (Wildman–Crippen MR) is 106 cm³/mol. The van der Waals surface area contributed by atoms with Crippen LogP contribution in [0.25, 0.3) is 5.69 Å². The van der Waals surface area contributed by atoms with Crippen molar-refractivity contribution in [2.24, 2.45) is 0 Å². The van der Waals surface area contributed by atoms with E-state index in [0.29, 0.717) is 49.0 Å². The molecule has 8 heteroatoms. The Kier molecular flexibility index (Phi) is 5.62. The van der Waals surface area contributed by atoms with Crippen molar-refractivity contribution >= 4 is 11.8 Å². The topological polar surface area (TPSA) is 70.5 Å². The third-order valence-corrected chi connectivity index (χ3v) is 5.58. The van der Waals surface area contributed by atoms with E-state index in [2.05, 4.69) is 15.3 Å². The molecule has 0 unspecified atom stereocenters. The van der Waals surface area contributed by atoms with Gasteiger partial charge in [0, 0.05) is 45.2 Å². The minimum Gasteiger partial charge on any atom is -0.353 e. The van der Waals surface area contributed by atoms with E-state index in [1.807, 2.05) is 0 Å². The lowest BCUT2D eigenvalue weighted by molar-refractivity contribution is -0.121. The van der Waals surface area contributed by atoms with Crippen LogP contribution in [-0.2, 0) is 4.79 Å². The molecule has 7 nitrogen and oxygen atoms in total. The van der Waals surface area contributed by atoms with Crippen LogP contribution in [0.15, 0.2) is 30.5 Å². The summed E-state index contributed by atoms with van der Waals surface area (Å²) >= 11 is 0. The van der Waals surface area contributed by atoms with Crippen LogP contribution < -0.4 is 5.32 Å². The lowest BCUT2D eigenvalue weighted by Gasteiger charge is -2.34. The fourth-order valence-corrected chi connectivity index (χ4v) is 3.62. The third-order valence-electron chi connectivity index (χ3n) is 5.58. The van der Waals surface area contributed by atoms with Crippen LogP contribution in [-0.4, -0.2) is 70.2 Å². The molecule has 2 heterocycles. The molecule has 0 atom stereocenters. The SMILES string of the molecule is Cc1c(C(=O)N2CCN(CCC(=O)NC3CC3)CC2)cnn1-c1ccccc1F. The maximum absolute atomic E-state index is 14.1. The normalized spacial score (nSPS) is 17.4. The highest BCUT2D eigenvalue weighted by atomic mass is 19.1. The summed E-state index contributed by atoms with van der Waals surface area (Å²) in [6, 6.07) is 6.78. The number of para-hydroxylation sites is 1. The average Bonchev–Trinajstić information content (AvgIpc) is 3.46. The average molecular weight is 399 g/mol. The molecule has 4 rings (SSSR count).